The molecule has 1 fully saturated rings. The summed E-state index contributed by atoms with van der Waals surface area (Å²) < 4.78 is 0. The molecule has 0 saturated heterocycles. The minimum atomic E-state index is -0.818. The van der Waals surface area contributed by atoms with Crippen LogP contribution in [0, 0.1) is 37.0 Å². The Hall–Kier alpha value is -0.281. The second-order valence-electron chi connectivity index (χ2n) is 7.07. The topological polar surface area (TPSA) is 64.6 Å². The number of pyridine rings is 1. The van der Waals surface area contributed by atoms with E-state index in [9.17, 15) is 5.11 Å². The molecule has 0 atom stereocenters. The molecule has 0 unspecified atom stereocenters. The summed E-state index contributed by atoms with van der Waals surface area (Å²) in [6.07, 6.45) is 1.67. The van der Waals surface area contributed by atoms with Gasteiger partial charge < -0.3 is 18.0 Å². The fourth-order valence-corrected chi connectivity index (χ4v) is 3.12. The van der Waals surface area contributed by atoms with Crippen molar-refractivity contribution in [3.05, 3.63) is 37.5 Å². The van der Waals surface area contributed by atoms with Gasteiger partial charge in [0.25, 0.3) is 0 Å². The molecule has 1 heterocycles. The fourth-order valence-electron chi connectivity index (χ4n) is 3.12. The van der Waals surface area contributed by atoms with Crippen LogP contribution in [0.4, 0.5) is 0 Å². The summed E-state index contributed by atoms with van der Waals surface area (Å²) in [5, 5.41) is 9.43. The third-order valence-electron chi connectivity index (χ3n) is 5.44. The first-order valence-electron chi connectivity index (χ1n) is 7.80. The number of rotatable bonds is 1. The molecule has 0 aromatic carbocycles. The van der Waals surface area contributed by atoms with E-state index in [0.717, 1.165) is 29.6 Å². The average molecular weight is 503 g/mol. The molecule has 1 saturated carbocycles. The van der Waals surface area contributed by atoms with E-state index in [2.05, 4.69) is 39.6 Å². The largest absolute Gasteiger partial charge is 0.412 e. The van der Waals surface area contributed by atoms with Crippen LogP contribution in [-0.4, -0.2) is 15.6 Å². The van der Waals surface area contributed by atoms with Crippen molar-refractivity contribution in [3.8, 4) is 0 Å². The summed E-state index contributed by atoms with van der Waals surface area (Å²) in [5.74, 6) is 4.68. The molecule has 0 spiro atoms. The zero-order valence-corrected chi connectivity index (χ0v) is 18.3. The van der Waals surface area contributed by atoms with Gasteiger partial charge in [-0.3, -0.25) is 4.98 Å². The van der Waals surface area contributed by atoms with Crippen LogP contribution in [0.3, 0.4) is 0 Å². The molecule has 2 rings (SSSR count). The Morgan fingerprint density at radius 1 is 0.870 bits per heavy atom. The van der Waals surface area contributed by atoms with Crippen molar-refractivity contribution in [2.75, 3.05) is 0 Å². The molecule has 1 aromatic rings. The smallest absolute Gasteiger partial charge is 0.101 e. The number of nitrogens with zero attached hydrogens (tertiary/aromatic N) is 1. The van der Waals surface area contributed by atoms with Crippen molar-refractivity contribution in [1.82, 2.24) is 4.98 Å². The Bertz CT molecular complexity index is 361. The maximum Gasteiger partial charge on any atom is 0.101 e. The van der Waals surface area contributed by atoms with Crippen LogP contribution in [0.2, 0.25) is 0 Å². The SMILES string of the molecule is CC(C)(O)c1ccccn1.CC1C(C)C(C)C(C)C1C.O.[CH3-].[Ir]. The first kappa shape index (κ1) is 27.6. The minimum Gasteiger partial charge on any atom is -0.412 e. The first-order chi connectivity index (χ1) is 9.16. The van der Waals surface area contributed by atoms with Crippen LogP contribution < -0.4 is 0 Å². The third-order valence-corrected chi connectivity index (χ3v) is 5.44. The summed E-state index contributed by atoms with van der Waals surface area (Å²) >= 11 is 0. The van der Waals surface area contributed by atoms with Gasteiger partial charge in [0.15, 0.2) is 0 Å². The molecule has 3 nitrogen and oxygen atoms in total. The molecular weight excluding hydrogens is 466 g/mol. The molecule has 139 valence electrons. The summed E-state index contributed by atoms with van der Waals surface area (Å²) in [7, 11) is 0. The Morgan fingerprint density at radius 3 is 1.39 bits per heavy atom. The maximum absolute atomic E-state index is 9.43. The Balaban J connectivity index is -0.000000308. The number of aliphatic hydroxyl groups is 1. The Kier molecular flexibility index (Phi) is 13.5. The van der Waals surface area contributed by atoms with Gasteiger partial charge in [0.1, 0.15) is 5.60 Å². The predicted molar refractivity (Wildman–Crippen MR) is 95.3 cm³/mol. The summed E-state index contributed by atoms with van der Waals surface area (Å²) in [6.45, 7) is 15.4. The van der Waals surface area contributed by atoms with Crippen molar-refractivity contribution in [1.29, 1.82) is 0 Å². The van der Waals surface area contributed by atoms with Crippen molar-refractivity contribution >= 4 is 0 Å². The first-order valence-corrected chi connectivity index (χ1v) is 7.80. The number of hydrogen-bond acceptors (Lipinski definition) is 2. The van der Waals surface area contributed by atoms with Crippen molar-refractivity contribution in [3.63, 3.8) is 0 Å². The third kappa shape index (κ3) is 7.43. The van der Waals surface area contributed by atoms with Crippen molar-refractivity contribution < 1.29 is 30.7 Å². The van der Waals surface area contributed by atoms with E-state index in [4.69, 9.17) is 0 Å². The minimum absolute atomic E-state index is 0. The Labute approximate surface area is 157 Å². The van der Waals surface area contributed by atoms with Gasteiger partial charge in [0.2, 0.25) is 0 Å². The quantitative estimate of drug-likeness (QED) is 0.588. The fraction of sp³-hybridized carbons (Fsp3) is 0.684. The van der Waals surface area contributed by atoms with E-state index >= 15 is 0 Å². The molecule has 3 N–H and O–H groups in total. The standard InChI is InChI=1S/C10H20.C8H11NO.CH3.Ir.H2O/c1-6-7(2)9(4)10(5)8(6)3;1-8(2,10)7-5-3-4-6-9-7;;;/h6-10H,1-5H3;3-6,10H,1-2H3;1H3;;1H2/q;;-1;;. The van der Waals surface area contributed by atoms with Gasteiger partial charge in [-0.05, 0) is 55.6 Å². The molecule has 4 heteroatoms. The molecule has 23 heavy (non-hydrogen) atoms. The zero-order valence-electron chi connectivity index (χ0n) is 15.9. The van der Waals surface area contributed by atoms with E-state index in [1.54, 1.807) is 26.1 Å². The molecular formula is C19H36IrNO2-. The van der Waals surface area contributed by atoms with Gasteiger partial charge in [-0.25, -0.2) is 0 Å². The van der Waals surface area contributed by atoms with Gasteiger partial charge in [0, 0.05) is 26.3 Å². The van der Waals surface area contributed by atoms with E-state index in [1.807, 2.05) is 12.1 Å². The van der Waals surface area contributed by atoms with E-state index < -0.39 is 5.60 Å². The number of aromatic nitrogens is 1. The summed E-state index contributed by atoms with van der Waals surface area (Å²) in [5.41, 5.74) is -0.114. The van der Waals surface area contributed by atoms with Crippen molar-refractivity contribution in [2.45, 2.75) is 54.1 Å². The van der Waals surface area contributed by atoms with Gasteiger partial charge in [-0.1, -0.05) is 40.7 Å². The normalized spacial score (nSPS) is 29.1. The number of hydrogen-bond donors (Lipinski definition) is 1. The van der Waals surface area contributed by atoms with Gasteiger partial charge in [-0.2, -0.15) is 0 Å². The monoisotopic (exact) mass is 503 g/mol. The van der Waals surface area contributed by atoms with E-state index in [1.165, 1.54) is 0 Å². The molecule has 1 aromatic heterocycles. The van der Waals surface area contributed by atoms with Gasteiger partial charge in [-0.15, -0.1) is 0 Å². The molecule has 1 aliphatic rings. The summed E-state index contributed by atoms with van der Waals surface area (Å²) in [4.78, 5) is 4.00. The van der Waals surface area contributed by atoms with Gasteiger partial charge >= 0.3 is 0 Å². The van der Waals surface area contributed by atoms with E-state index in [0.29, 0.717) is 5.69 Å². The van der Waals surface area contributed by atoms with Crippen LogP contribution in [0.25, 0.3) is 0 Å². The zero-order chi connectivity index (χ0) is 15.5. The second kappa shape index (κ2) is 11.3. The second-order valence-corrected chi connectivity index (χ2v) is 7.07. The maximum atomic E-state index is 9.43. The average Bonchev–Trinajstić information content (AvgIpc) is 2.58. The molecule has 0 amide bonds. The van der Waals surface area contributed by atoms with Crippen LogP contribution >= 0.6 is 0 Å². The summed E-state index contributed by atoms with van der Waals surface area (Å²) in [6, 6.07) is 5.50. The molecule has 0 aliphatic heterocycles. The van der Waals surface area contributed by atoms with Gasteiger partial charge in [0.05, 0.1) is 5.69 Å². The Morgan fingerprint density at radius 2 is 1.22 bits per heavy atom. The van der Waals surface area contributed by atoms with Crippen molar-refractivity contribution in [2.24, 2.45) is 29.6 Å². The molecule has 1 radical (unpaired) electrons. The van der Waals surface area contributed by atoms with E-state index in [-0.39, 0.29) is 33.0 Å². The van der Waals surface area contributed by atoms with Crippen LogP contribution in [-0.2, 0) is 25.7 Å². The molecule has 0 bridgehead atoms. The molecule has 1 aliphatic carbocycles. The predicted octanol–water partition coefficient (Wildman–Crippen LogP) is 4.11. The van der Waals surface area contributed by atoms with Crippen LogP contribution in [0.5, 0.6) is 0 Å². The van der Waals surface area contributed by atoms with Crippen LogP contribution in [0.1, 0.15) is 54.2 Å². The van der Waals surface area contributed by atoms with Crippen LogP contribution in [0.15, 0.2) is 24.4 Å².